The number of hydrogen-bond donors (Lipinski definition) is 1. The number of benzene rings is 1. The van der Waals surface area contributed by atoms with Crippen molar-refractivity contribution in [2.75, 3.05) is 0 Å². The van der Waals surface area contributed by atoms with E-state index < -0.39 is 0 Å². The lowest BCUT2D eigenvalue weighted by Gasteiger charge is -2.03. The smallest absolute Gasteiger partial charge is 0.248 e. The second kappa shape index (κ2) is 10.6. The summed E-state index contributed by atoms with van der Waals surface area (Å²) in [5.74, 6) is -0.375. The van der Waals surface area contributed by atoms with Gasteiger partial charge in [0, 0.05) is 5.56 Å². The van der Waals surface area contributed by atoms with Crippen LogP contribution in [0.3, 0.4) is 0 Å². The fraction of sp³-hybridized carbons (Fsp3) is 0.409. The number of carbonyl (C=O) groups is 1. The molecule has 0 aliphatic heterocycles. The van der Waals surface area contributed by atoms with Gasteiger partial charge in [-0.2, -0.15) is 0 Å². The lowest BCUT2D eigenvalue weighted by Crippen LogP contribution is -2.10. The van der Waals surface area contributed by atoms with E-state index in [0.717, 1.165) is 32.1 Å². The van der Waals surface area contributed by atoms with Crippen LogP contribution >= 0.6 is 0 Å². The van der Waals surface area contributed by atoms with Gasteiger partial charge >= 0.3 is 0 Å². The van der Waals surface area contributed by atoms with E-state index in [1.807, 2.05) is 12.1 Å². The highest BCUT2D eigenvalue weighted by molar-refractivity contribution is 5.92. The van der Waals surface area contributed by atoms with Crippen LogP contribution in [0.5, 0.6) is 0 Å². The first-order valence-corrected chi connectivity index (χ1v) is 8.72. The van der Waals surface area contributed by atoms with E-state index in [-0.39, 0.29) is 5.91 Å². The van der Waals surface area contributed by atoms with E-state index in [4.69, 9.17) is 5.73 Å². The molecule has 0 aliphatic rings. The van der Waals surface area contributed by atoms with Gasteiger partial charge in [-0.25, -0.2) is 0 Å². The van der Waals surface area contributed by atoms with Crippen molar-refractivity contribution in [2.45, 2.75) is 59.8 Å². The zero-order chi connectivity index (χ0) is 17.9. The van der Waals surface area contributed by atoms with Crippen molar-refractivity contribution >= 4 is 5.91 Å². The quantitative estimate of drug-likeness (QED) is 0.577. The second-order valence-corrected chi connectivity index (χ2v) is 6.73. The number of nitrogens with two attached hydrogens (primary N) is 1. The van der Waals surface area contributed by atoms with Crippen molar-refractivity contribution in [3.05, 3.63) is 70.3 Å². The SMILES string of the molecule is CC(C)=CCC/C(C)=C/CC/C(C)=C/Cc1ccc(C(N)=O)cc1. The standard InChI is InChI=1S/C22H31NO/c1-17(2)7-5-8-18(3)9-6-10-19(4)11-12-20-13-15-21(16-14-20)22(23)24/h7,9,11,13-16H,5-6,8,10,12H2,1-4H3,(H2,23,24)/b18-9+,19-11+. The van der Waals surface area contributed by atoms with E-state index >= 15 is 0 Å². The minimum atomic E-state index is -0.375. The Hall–Kier alpha value is -2.09. The number of primary amides is 1. The summed E-state index contributed by atoms with van der Waals surface area (Å²) < 4.78 is 0. The Kier molecular flexibility index (Phi) is 8.85. The molecular weight excluding hydrogens is 294 g/mol. The lowest BCUT2D eigenvalue weighted by atomic mass is 10.0. The first kappa shape index (κ1) is 20.0. The molecule has 0 bridgehead atoms. The molecule has 0 saturated carbocycles. The maximum Gasteiger partial charge on any atom is 0.248 e. The Bertz CT molecular complexity index is 614. The van der Waals surface area contributed by atoms with Crippen molar-refractivity contribution in [1.29, 1.82) is 0 Å². The molecule has 0 aliphatic carbocycles. The Morgan fingerprint density at radius 2 is 1.42 bits per heavy atom. The summed E-state index contributed by atoms with van der Waals surface area (Å²) in [6.07, 6.45) is 12.3. The molecule has 130 valence electrons. The predicted octanol–water partition coefficient (Wildman–Crippen LogP) is 5.75. The summed E-state index contributed by atoms with van der Waals surface area (Å²) >= 11 is 0. The third kappa shape index (κ3) is 8.52. The summed E-state index contributed by atoms with van der Waals surface area (Å²) in [5.41, 5.74) is 11.3. The van der Waals surface area contributed by atoms with Crippen LogP contribution in [-0.4, -0.2) is 5.91 Å². The Morgan fingerprint density at radius 3 is 1.96 bits per heavy atom. The topological polar surface area (TPSA) is 43.1 Å². The van der Waals surface area contributed by atoms with Crippen molar-refractivity contribution in [3.63, 3.8) is 0 Å². The van der Waals surface area contributed by atoms with Crippen molar-refractivity contribution < 1.29 is 4.79 Å². The fourth-order valence-electron chi connectivity index (χ4n) is 2.44. The summed E-state index contributed by atoms with van der Waals surface area (Å²) in [4.78, 5) is 11.1. The number of amides is 1. The minimum Gasteiger partial charge on any atom is -0.366 e. The zero-order valence-electron chi connectivity index (χ0n) is 15.6. The number of allylic oxidation sites excluding steroid dienone is 6. The highest BCUT2D eigenvalue weighted by Gasteiger charge is 1.99. The predicted molar refractivity (Wildman–Crippen MR) is 104 cm³/mol. The molecule has 0 aromatic heterocycles. The summed E-state index contributed by atoms with van der Waals surface area (Å²) in [6, 6.07) is 7.52. The van der Waals surface area contributed by atoms with Crippen LogP contribution < -0.4 is 5.73 Å². The third-order valence-electron chi connectivity index (χ3n) is 4.05. The van der Waals surface area contributed by atoms with Crippen molar-refractivity contribution in [1.82, 2.24) is 0 Å². The molecule has 0 spiro atoms. The van der Waals surface area contributed by atoms with Gasteiger partial charge in [-0.3, -0.25) is 4.79 Å². The molecule has 1 amide bonds. The fourth-order valence-corrected chi connectivity index (χ4v) is 2.44. The van der Waals surface area contributed by atoms with Crippen molar-refractivity contribution in [2.24, 2.45) is 5.73 Å². The van der Waals surface area contributed by atoms with Gasteiger partial charge in [0.1, 0.15) is 0 Å². The van der Waals surface area contributed by atoms with Gasteiger partial charge in [-0.15, -0.1) is 0 Å². The maximum atomic E-state index is 11.1. The largest absolute Gasteiger partial charge is 0.366 e. The van der Waals surface area contributed by atoms with E-state index in [0.29, 0.717) is 5.56 Å². The number of carbonyl (C=O) groups excluding carboxylic acids is 1. The number of hydrogen-bond acceptors (Lipinski definition) is 1. The van der Waals surface area contributed by atoms with E-state index in [1.165, 1.54) is 22.3 Å². The summed E-state index contributed by atoms with van der Waals surface area (Å²) in [5, 5.41) is 0. The molecular formula is C22H31NO. The first-order valence-electron chi connectivity index (χ1n) is 8.72. The van der Waals surface area contributed by atoms with Crippen LogP contribution in [0.1, 0.15) is 69.3 Å². The highest BCUT2D eigenvalue weighted by Crippen LogP contribution is 2.13. The Labute approximate surface area is 147 Å². The van der Waals surface area contributed by atoms with Gasteiger partial charge in [-0.05, 0) is 77.5 Å². The molecule has 2 nitrogen and oxygen atoms in total. The van der Waals surface area contributed by atoms with Gasteiger partial charge in [-0.1, -0.05) is 47.1 Å². The van der Waals surface area contributed by atoms with Crippen LogP contribution in [0, 0.1) is 0 Å². The average Bonchev–Trinajstić information content (AvgIpc) is 2.53. The third-order valence-corrected chi connectivity index (χ3v) is 4.05. The molecule has 0 radical (unpaired) electrons. The van der Waals surface area contributed by atoms with Gasteiger partial charge in [0.15, 0.2) is 0 Å². The highest BCUT2D eigenvalue weighted by atomic mass is 16.1. The van der Waals surface area contributed by atoms with Crippen LogP contribution in [-0.2, 0) is 6.42 Å². The molecule has 24 heavy (non-hydrogen) atoms. The maximum absolute atomic E-state index is 11.1. The molecule has 1 rings (SSSR count). The van der Waals surface area contributed by atoms with Crippen LogP contribution in [0.2, 0.25) is 0 Å². The van der Waals surface area contributed by atoms with Gasteiger partial charge in [0.05, 0.1) is 0 Å². The Morgan fingerprint density at radius 1 is 0.875 bits per heavy atom. The molecule has 0 atom stereocenters. The minimum absolute atomic E-state index is 0.375. The molecule has 0 unspecified atom stereocenters. The molecule has 1 aromatic rings. The Balaban J connectivity index is 2.38. The second-order valence-electron chi connectivity index (χ2n) is 6.73. The molecule has 0 heterocycles. The average molecular weight is 325 g/mol. The molecule has 0 saturated heterocycles. The van der Waals surface area contributed by atoms with E-state index in [1.54, 1.807) is 12.1 Å². The van der Waals surface area contributed by atoms with Crippen molar-refractivity contribution in [3.8, 4) is 0 Å². The monoisotopic (exact) mass is 325 g/mol. The lowest BCUT2D eigenvalue weighted by molar-refractivity contribution is 0.100. The molecule has 2 heteroatoms. The molecule has 1 aromatic carbocycles. The summed E-state index contributed by atoms with van der Waals surface area (Å²) in [6.45, 7) is 8.70. The van der Waals surface area contributed by atoms with Gasteiger partial charge < -0.3 is 5.73 Å². The normalized spacial score (nSPS) is 12.2. The number of rotatable bonds is 9. The van der Waals surface area contributed by atoms with Gasteiger partial charge in [0.2, 0.25) is 5.91 Å². The van der Waals surface area contributed by atoms with Crippen LogP contribution in [0.4, 0.5) is 0 Å². The van der Waals surface area contributed by atoms with Gasteiger partial charge in [0.25, 0.3) is 0 Å². The zero-order valence-corrected chi connectivity index (χ0v) is 15.6. The van der Waals surface area contributed by atoms with E-state index in [2.05, 4.69) is 45.9 Å². The van der Waals surface area contributed by atoms with Crippen LogP contribution in [0.15, 0.2) is 59.2 Å². The summed E-state index contributed by atoms with van der Waals surface area (Å²) in [7, 11) is 0. The van der Waals surface area contributed by atoms with E-state index in [9.17, 15) is 4.79 Å². The molecule has 0 fully saturated rings. The first-order chi connectivity index (χ1) is 11.4. The molecule has 2 N–H and O–H groups in total. The van der Waals surface area contributed by atoms with Crippen LogP contribution in [0.25, 0.3) is 0 Å².